The van der Waals surface area contributed by atoms with Crippen LogP contribution in [0.15, 0.2) is 89.5 Å². The van der Waals surface area contributed by atoms with E-state index in [0.717, 1.165) is 29.5 Å². The molecule has 0 spiro atoms. The van der Waals surface area contributed by atoms with E-state index in [-0.39, 0.29) is 0 Å². The lowest BCUT2D eigenvalue weighted by Crippen LogP contribution is -2.18. The van der Waals surface area contributed by atoms with Crippen LogP contribution in [0.2, 0.25) is 0 Å². The van der Waals surface area contributed by atoms with Gasteiger partial charge in [0.1, 0.15) is 17.4 Å². The second kappa shape index (κ2) is 8.39. The van der Waals surface area contributed by atoms with Crippen LogP contribution < -0.4 is 10.2 Å². The Balaban J connectivity index is 1.63. The summed E-state index contributed by atoms with van der Waals surface area (Å²) in [5.74, 6) is 3.18. The number of anilines is 2. The zero-order valence-electron chi connectivity index (χ0n) is 15.7. The summed E-state index contributed by atoms with van der Waals surface area (Å²) in [5, 5.41) is 3.34. The third-order valence-electron chi connectivity index (χ3n) is 4.42. The van der Waals surface area contributed by atoms with Crippen LogP contribution in [0.5, 0.6) is 0 Å². The highest BCUT2D eigenvalue weighted by atomic mass is 16.3. The fourth-order valence-corrected chi connectivity index (χ4v) is 2.97. The van der Waals surface area contributed by atoms with E-state index in [4.69, 9.17) is 14.4 Å². The molecule has 0 unspecified atom stereocenters. The van der Waals surface area contributed by atoms with Crippen LogP contribution in [0.3, 0.4) is 0 Å². The molecule has 0 fully saturated rings. The van der Waals surface area contributed by atoms with E-state index in [1.54, 1.807) is 6.26 Å². The Hall–Kier alpha value is -3.60. The van der Waals surface area contributed by atoms with Gasteiger partial charge in [-0.3, -0.25) is 0 Å². The van der Waals surface area contributed by atoms with Crippen molar-refractivity contribution in [1.82, 2.24) is 9.97 Å². The van der Waals surface area contributed by atoms with Gasteiger partial charge in [0.25, 0.3) is 0 Å². The molecule has 0 atom stereocenters. The van der Waals surface area contributed by atoms with E-state index in [1.165, 1.54) is 5.56 Å². The summed E-state index contributed by atoms with van der Waals surface area (Å²) in [5.41, 5.74) is 2.22. The maximum absolute atomic E-state index is 5.41. The van der Waals surface area contributed by atoms with Crippen molar-refractivity contribution < 1.29 is 4.42 Å². The first kappa shape index (κ1) is 17.8. The molecule has 0 saturated carbocycles. The lowest BCUT2D eigenvalue weighted by atomic mass is 10.2. The Morgan fingerprint density at radius 3 is 2.36 bits per heavy atom. The first-order chi connectivity index (χ1) is 13.8. The van der Waals surface area contributed by atoms with Crippen molar-refractivity contribution in [2.24, 2.45) is 0 Å². The van der Waals surface area contributed by atoms with Gasteiger partial charge < -0.3 is 14.6 Å². The molecule has 5 heteroatoms. The fourth-order valence-electron chi connectivity index (χ4n) is 2.97. The number of rotatable bonds is 7. The first-order valence-corrected chi connectivity index (χ1v) is 9.24. The molecule has 0 bridgehead atoms. The van der Waals surface area contributed by atoms with Gasteiger partial charge in [-0.25, -0.2) is 9.97 Å². The van der Waals surface area contributed by atoms with Gasteiger partial charge in [0.05, 0.1) is 12.8 Å². The number of aromatic nitrogens is 2. The second-order valence-electron chi connectivity index (χ2n) is 6.58. The zero-order chi connectivity index (χ0) is 19.2. The Bertz CT molecular complexity index is 1000. The number of nitrogens with zero attached hydrogens (tertiary/aromatic N) is 3. The molecule has 140 valence electrons. The summed E-state index contributed by atoms with van der Waals surface area (Å²) in [6.45, 7) is 1.34. The Kier molecular flexibility index (Phi) is 5.33. The van der Waals surface area contributed by atoms with Crippen molar-refractivity contribution >= 4 is 11.6 Å². The summed E-state index contributed by atoms with van der Waals surface area (Å²) < 4.78 is 5.41. The quantitative estimate of drug-likeness (QED) is 0.497. The van der Waals surface area contributed by atoms with Gasteiger partial charge in [0, 0.05) is 25.2 Å². The predicted molar refractivity (Wildman–Crippen MR) is 112 cm³/mol. The lowest BCUT2D eigenvalue weighted by molar-refractivity contribution is 0.518. The minimum Gasteiger partial charge on any atom is -0.467 e. The minimum absolute atomic E-state index is 0.570. The summed E-state index contributed by atoms with van der Waals surface area (Å²) >= 11 is 0. The number of benzene rings is 2. The number of hydrogen-bond donors (Lipinski definition) is 1. The van der Waals surface area contributed by atoms with Gasteiger partial charge in [-0.1, -0.05) is 60.7 Å². The molecule has 0 radical (unpaired) electrons. The lowest BCUT2D eigenvalue weighted by Gasteiger charge is -2.20. The molecule has 2 aromatic carbocycles. The van der Waals surface area contributed by atoms with Crippen molar-refractivity contribution in [3.8, 4) is 11.4 Å². The van der Waals surface area contributed by atoms with Crippen LogP contribution >= 0.6 is 0 Å². The Labute approximate surface area is 164 Å². The van der Waals surface area contributed by atoms with Gasteiger partial charge in [-0.15, -0.1) is 0 Å². The predicted octanol–water partition coefficient (Wildman–Crippen LogP) is 4.99. The summed E-state index contributed by atoms with van der Waals surface area (Å²) in [6, 6.07) is 26.2. The smallest absolute Gasteiger partial charge is 0.163 e. The molecule has 28 heavy (non-hydrogen) atoms. The highest BCUT2D eigenvalue weighted by Crippen LogP contribution is 2.23. The molecule has 1 N–H and O–H groups in total. The summed E-state index contributed by atoms with van der Waals surface area (Å²) in [7, 11) is 2.04. The van der Waals surface area contributed by atoms with Gasteiger partial charge in [0.15, 0.2) is 5.82 Å². The third-order valence-corrected chi connectivity index (χ3v) is 4.42. The maximum Gasteiger partial charge on any atom is 0.163 e. The van der Waals surface area contributed by atoms with Crippen LogP contribution in [0, 0.1) is 0 Å². The van der Waals surface area contributed by atoms with Crippen LogP contribution in [0.4, 0.5) is 11.6 Å². The number of hydrogen-bond acceptors (Lipinski definition) is 5. The van der Waals surface area contributed by atoms with Crippen LogP contribution in [-0.4, -0.2) is 17.0 Å². The van der Waals surface area contributed by atoms with Gasteiger partial charge in [0.2, 0.25) is 0 Å². The molecule has 0 aliphatic rings. The van der Waals surface area contributed by atoms with E-state index >= 15 is 0 Å². The second-order valence-corrected chi connectivity index (χ2v) is 6.58. The molecule has 4 rings (SSSR count). The van der Waals surface area contributed by atoms with Crippen LogP contribution in [0.25, 0.3) is 11.4 Å². The van der Waals surface area contributed by atoms with E-state index in [2.05, 4.69) is 34.5 Å². The zero-order valence-corrected chi connectivity index (χ0v) is 15.7. The van der Waals surface area contributed by atoms with Crippen LogP contribution in [-0.2, 0) is 13.1 Å². The normalized spacial score (nSPS) is 10.6. The van der Waals surface area contributed by atoms with Crippen molar-refractivity contribution in [1.29, 1.82) is 0 Å². The molecular weight excluding hydrogens is 348 g/mol. The van der Waals surface area contributed by atoms with Crippen LogP contribution in [0.1, 0.15) is 11.3 Å². The number of furan rings is 1. The Morgan fingerprint density at radius 1 is 0.893 bits per heavy atom. The first-order valence-electron chi connectivity index (χ1n) is 9.24. The standard InChI is InChI=1S/C23H22N4O/c1-27(17-18-9-4-2-5-10-18)22-15-21(24-16-20-13-8-14-28-20)25-23(26-22)19-11-6-3-7-12-19/h2-15H,16-17H2,1H3,(H,24,25,26). The Morgan fingerprint density at radius 2 is 1.64 bits per heavy atom. The molecule has 0 amide bonds. The van der Waals surface area contributed by atoms with E-state index < -0.39 is 0 Å². The van der Waals surface area contributed by atoms with E-state index in [0.29, 0.717) is 12.4 Å². The molecule has 2 aromatic heterocycles. The maximum atomic E-state index is 5.41. The number of nitrogens with one attached hydrogen (secondary N) is 1. The molecule has 5 nitrogen and oxygen atoms in total. The molecular formula is C23H22N4O. The highest BCUT2D eigenvalue weighted by molar-refractivity contribution is 5.61. The molecule has 2 heterocycles. The highest BCUT2D eigenvalue weighted by Gasteiger charge is 2.11. The van der Waals surface area contributed by atoms with Gasteiger partial charge >= 0.3 is 0 Å². The molecule has 0 saturated heterocycles. The van der Waals surface area contributed by atoms with E-state index in [9.17, 15) is 0 Å². The summed E-state index contributed by atoms with van der Waals surface area (Å²) in [4.78, 5) is 11.6. The van der Waals surface area contributed by atoms with E-state index in [1.807, 2.05) is 61.6 Å². The van der Waals surface area contributed by atoms with Crippen molar-refractivity contribution in [2.45, 2.75) is 13.1 Å². The van der Waals surface area contributed by atoms with Gasteiger partial charge in [-0.05, 0) is 17.7 Å². The van der Waals surface area contributed by atoms with Gasteiger partial charge in [-0.2, -0.15) is 0 Å². The monoisotopic (exact) mass is 370 g/mol. The third kappa shape index (κ3) is 4.38. The fraction of sp³-hybridized carbons (Fsp3) is 0.130. The minimum atomic E-state index is 0.570. The topological polar surface area (TPSA) is 54.2 Å². The SMILES string of the molecule is CN(Cc1ccccc1)c1cc(NCc2ccco2)nc(-c2ccccc2)n1. The average Bonchev–Trinajstić information content (AvgIpc) is 3.27. The van der Waals surface area contributed by atoms with Crippen molar-refractivity contribution in [2.75, 3.05) is 17.3 Å². The van der Waals surface area contributed by atoms with Crippen molar-refractivity contribution in [3.05, 3.63) is 96.4 Å². The molecule has 0 aliphatic carbocycles. The summed E-state index contributed by atoms with van der Waals surface area (Å²) in [6.07, 6.45) is 1.67. The molecule has 4 aromatic rings. The largest absolute Gasteiger partial charge is 0.467 e. The average molecular weight is 370 g/mol. The molecule has 0 aliphatic heterocycles. The van der Waals surface area contributed by atoms with Crippen molar-refractivity contribution in [3.63, 3.8) is 0 Å².